The zero-order valence-corrected chi connectivity index (χ0v) is 10.3. The minimum absolute atomic E-state index is 0.00822. The minimum Gasteiger partial charge on any atom is -0.359 e. The highest BCUT2D eigenvalue weighted by atomic mass is 16.2. The molecule has 102 valence electrons. The van der Waals surface area contributed by atoms with Crippen LogP contribution in [0, 0.1) is 0 Å². The molecular weight excluding hydrogens is 240 g/mol. The molecule has 4 amide bonds. The van der Waals surface area contributed by atoms with E-state index in [1.54, 1.807) is 0 Å². The van der Waals surface area contributed by atoms with Gasteiger partial charge in [-0.15, -0.1) is 0 Å². The second-order valence-electron chi connectivity index (χ2n) is 3.45. The van der Waals surface area contributed by atoms with Crippen LogP contribution in [0.25, 0.3) is 0 Å². The molecule has 4 N–H and O–H groups in total. The SMILES string of the molecule is CC(=O)N(CCN)C(=O)C(=O)NCCCNC=O. The van der Waals surface area contributed by atoms with E-state index in [4.69, 9.17) is 5.73 Å². The van der Waals surface area contributed by atoms with Crippen LogP contribution in [0.3, 0.4) is 0 Å². The molecule has 0 rings (SSSR count). The maximum Gasteiger partial charge on any atom is 0.318 e. The fourth-order valence-electron chi connectivity index (χ4n) is 1.18. The summed E-state index contributed by atoms with van der Waals surface area (Å²) in [6.45, 7) is 1.93. The third-order valence-corrected chi connectivity index (χ3v) is 2.04. The Morgan fingerprint density at radius 1 is 1.28 bits per heavy atom. The zero-order chi connectivity index (χ0) is 14.0. The van der Waals surface area contributed by atoms with Crippen molar-refractivity contribution in [3.8, 4) is 0 Å². The fourth-order valence-corrected chi connectivity index (χ4v) is 1.18. The van der Waals surface area contributed by atoms with Crippen molar-refractivity contribution in [2.75, 3.05) is 26.2 Å². The monoisotopic (exact) mass is 258 g/mol. The van der Waals surface area contributed by atoms with Crippen molar-refractivity contribution in [1.82, 2.24) is 15.5 Å². The summed E-state index contributed by atoms with van der Waals surface area (Å²) in [6.07, 6.45) is 1.04. The number of carbonyl (C=O) groups is 4. The highest BCUT2D eigenvalue weighted by molar-refractivity contribution is 6.37. The molecule has 0 bridgehead atoms. The number of rotatable bonds is 7. The number of nitrogens with zero attached hydrogens (tertiary/aromatic N) is 1. The molecule has 0 fully saturated rings. The van der Waals surface area contributed by atoms with Gasteiger partial charge in [-0.25, -0.2) is 0 Å². The Hall–Kier alpha value is -1.96. The quantitative estimate of drug-likeness (QED) is 0.266. The van der Waals surface area contributed by atoms with Crippen molar-refractivity contribution < 1.29 is 19.2 Å². The number of imide groups is 1. The largest absolute Gasteiger partial charge is 0.359 e. The van der Waals surface area contributed by atoms with E-state index in [2.05, 4.69) is 10.6 Å². The number of amides is 4. The Bertz CT molecular complexity index is 319. The maximum atomic E-state index is 11.6. The lowest BCUT2D eigenvalue weighted by molar-refractivity contribution is -0.151. The Balaban J connectivity index is 4.10. The average Bonchev–Trinajstić information content (AvgIpc) is 2.34. The lowest BCUT2D eigenvalue weighted by atomic mass is 10.3. The van der Waals surface area contributed by atoms with Crippen molar-refractivity contribution in [3.05, 3.63) is 0 Å². The first-order chi connectivity index (χ1) is 8.54. The third-order valence-electron chi connectivity index (χ3n) is 2.04. The predicted octanol–water partition coefficient (Wildman–Crippen LogP) is -2.43. The second kappa shape index (κ2) is 9.11. The number of hydrogen-bond acceptors (Lipinski definition) is 5. The Kier molecular flexibility index (Phi) is 8.12. The topological polar surface area (TPSA) is 122 Å². The molecule has 0 aliphatic rings. The second-order valence-corrected chi connectivity index (χ2v) is 3.45. The first-order valence-corrected chi connectivity index (χ1v) is 5.52. The van der Waals surface area contributed by atoms with Gasteiger partial charge in [0, 0.05) is 33.1 Å². The first kappa shape index (κ1) is 16.0. The van der Waals surface area contributed by atoms with E-state index in [1.807, 2.05) is 0 Å². The van der Waals surface area contributed by atoms with Crippen molar-refractivity contribution in [2.45, 2.75) is 13.3 Å². The molecule has 0 aromatic heterocycles. The van der Waals surface area contributed by atoms with Crippen LogP contribution in [-0.4, -0.2) is 55.2 Å². The van der Waals surface area contributed by atoms with Gasteiger partial charge >= 0.3 is 11.8 Å². The molecular formula is C10H18N4O4. The van der Waals surface area contributed by atoms with Crippen molar-refractivity contribution in [2.24, 2.45) is 5.73 Å². The van der Waals surface area contributed by atoms with Crippen LogP contribution in [0.4, 0.5) is 0 Å². The van der Waals surface area contributed by atoms with Crippen LogP contribution in [-0.2, 0) is 19.2 Å². The van der Waals surface area contributed by atoms with Crippen LogP contribution in [0.2, 0.25) is 0 Å². The van der Waals surface area contributed by atoms with Crippen molar-refractivity contribution >= 4 is 24.1 Å². The first-order valence-electron chi connectivity index (χ1n) is 5.52. The average molecular weight is 258 g/mol. The summed E-state index contributed by atoms with van der Waals surface area (Å²) in [7, 11) is 0. The van der Waals surface area contributed by atoms with Gasteiger partial charge in [-0.1, -0.05) is 0 Å². The number of hydrogen-bond donors (Lipinski definition) is 3. The van der Waals surface area contributed by atoms with Crippen LogP contribution >= 0.6 is 0 Å². The van der Waals surface area contributed by atoms with Gasteiger partial charge in [0.2, 0.25) is 12.3 Å². The van der Waals surface area contributed by atoms with Crippen LogP contribution in [0.15, 0.2) is 0 Å². The molecule has 0 heterocycles. The Morgan fingerprint density at radius 3 is 2.44 bits per heavy atom. The normalized spacial score (nSPS) is 9.44. The number of nitrogens with one attached hydrogen (secondary N) is 2. The van der Waals surface area contributed by atoms with E-state index in [1.165, 1.54) is 6.92 Å². The lowest BCUT2D eigenvalue weighted by Gasteiger charge is -2.17. The summed E-state index contributed by atoms with van der Waals surface area (Å²) in [4.78, 5) is 44.8. The van der Waals surface area contributed by atoms with Crippen molar-refractivity contribution in [1.29, 1.82) is 0 Å². The van der Waals surface area contributed by atoms with E-state index >= 15 is 0 Å². The standard InChI is InChI=1S/C10H18N4O4/c1-8(16)14(6-3-11)10(18)9(17)13-5-2-4-12-7-15/h7H,2-6,11H2,1H3,(H,12,15)(H,13,17). The molecule has 0 aromatic carbocycles. The molecule has 0 saturated heterocycles. The third kappa shape index (κ3) is 5.94. The summed E-state index contributed by atoms with van der Waals surface area (Å²) in [6, 6.07) is 0. The van der Waals surface area contributed by atoms with Gasteiger partial charge < -0.3 is 16.4 Å². The lowest BCUT2D eigenvalue weighted by Crippen LogP contribution is -2.47. The summed E-state index contributed by atoms with van der Waals surface area (Å²) < 4.78 is 0. The smallest absolute Gasteiger partial charge is 0.318 e. The van der Waals surface area contributed by atoms with Gasteiger partial charge in [-0.3, -0.25) is 24.1 Å². The predicted molar refractivity (Wildman–Crippen MR) is 63.1 cm³/mol. The highest BCUT2D eigenvalue weighted by Crippen LogP contribution is 1.91. The summed E-state index contributed by atoms with van der Waals surface area (Å²) >= 11 is 0. The van der Waals surface area contributed by atoms with Crippen LogP contribution in [0.5, 0.6) is 0 Å². The molecule has 0 aromatic rings. The van der Waals surface area contributed by atoms with Gasteiger partial charge in [0.05, 0.1) is 0 Å². The summed E-state index contributed by atoms with van der Waals surface area (Å²) in [5.74, 6) is -2.30. The zero-order valence-electron chi connectivity index (χ0n) is 10.3. The molecule has 0 radical (unpaired) electrons. The Morgan fingerprint density at radius 2 is 1.94 bits per heavy atom. The fraction of sp³-hybridized carbons (Fsp3) is 0.600. The van der Waals surface area contributed by atoms with Gasteiger partial charge in [-0.2, -0.15) is 0 Å². The summed E-state index contributed by atoms with van der Waals surface area (Å²) in [5, 5.41) is 4.77. The van der Waals surface area contributed by atoms with Crippen LogP contribution < -0.4 is 16.4 Å². The number of carbonyl (C=O) groups excluding carboxylic acids is 4. The minimum atomic E-state index is -0.920. The van der Waals surface area contributed by atoms with E-state index in [0.717, 1.165) is 4.90 Å². The molecule has 18 heavy (non-hydrogen) atoms. The van der Waals surface area contributed by atoms with E-state index in [0.29, 0.717) is 19.4 Å². The summed E-state index contributed by atoms with van der Waals surface area (Å²) in [5.41, 5.74) is 5.24. The molecule has 0 atom stereocenters. The molecule has 8 heteroatoms. The van der Waals surface area contributed by atoms with Gasteiger partial charge in [-0.05, 0) is 6.42 Å². The van der Waals surface area contributed by atoms with Crippen molar-refractivity contribution in [3.63, 3.8) is 0 Å². The maximum absolute atomic E-state index is 11.6. The molecule has 0 aliphatic carbocycles. The molecule has 0 aliphatic heterocycles. The molecule has 8 nitrogen and oxygen atoms in total. The van der Waals surface area contributed by atoms with Gasteiger partial charge in [0.25, 0.3) is 0 Å². The van der Waals surface area contributed by atoms with Crippen LogP contribution in [0.1, 0.15) is 13.3 Å². The van der Waals surface area contributed by atoms with E-state index < -0.39 is 17.7 Å². The highest BCUT2D eigenvalue weighted by Gasteiger charge is 2.23. The molecule has 0 saturated carbocycles. The van der Waals surface area contributed by atoms with E-state index in [-0.39, 0.29) is 19.6 Å². The molecule has 0 unspecified atom stereocenters. The van der Waals surface area contributed by atoms with Gasteiger partial charge in [0.15, 0.2) is 0 Å². The van der Waals surface area contributed by atoms with E-state index in [9.17, 15) is 19.2 Å². The number of nitrogens with two attached hydrogens (primary N) is 1. The Labute approximate surface area is 105 Å². The molecule has 0 spiro atoms. The van der Waals surface area contributed by atoms with Gasteiger partial charge in [0.1, 0.15) is 0 Å².